The van der Waals surface area contributed by atoms with E-state index in [1.807, 2.05) is 0 Å². The topological polar surface area (TPSA) is 102 Å². The van der Waals surface area contributed by atoms with Crippen molar-refractivity contribution in [1.29, 1.82) is 0 Å². The van der Waals surface area contributed by atoms with Crippen LogP contribution < -0.4 is 0 Å². The smallest absolute Gasteiger partial charge is 0.306 e. The first-order valence-corrected chi connectivity index (χ1v) is 5.62. The lowest BCUT2D eigenvalue weighted by Gasteiger charge is -2.18. The van der Waals surface area contributed by atoms with Crippen molar-refractivity contribution in [3.63, 3.8) is 0 Å². The third kappa shape index (κ3) is 8.91. The van der Waals surface area contributed by atoms with Crippen LogP contribution in [0.25, 0.3) is 0 Å². The van der Waals surface area contributed by atoms with E-state index in [1.165, 1.54) is 7.11 Å². The molecule has 0 saturated carbocycles. The molecule has 0 spiro atoms. The van der Waals surface area contributed by atoms with Gasteiger partial charge in [0.25, 0.3) is 0 Å². The second kappa shape index (κ2) is 9.81. The Hall–Kier alpha value is -1.18. The normalized spacial score (nSPS) is 13.9. The molecule has 2 atom stereocenters. The summed E-state index contributed by atoms with van der Waals surface area (Å²) < 4.78 is 15.0. The minimum Gasteiger partial charge on any atom is -0.481 e. The molecule has 0 amide bonds. The summed E-state index contributed by atoms with van der Waals surface area (Å²) in [6.07, 6.45) is -1.16. The Kier molecular flexibility index (Phi) is 9.17. The number of methoxy groups -OCH3 is 1. The highest BCUT2D eigenvalue weighted by Gasteiger charge is 2.13. The summed E-state index contributed by atoms with van der Waals surface area (Å²) in [7, 11) is 1.40. The zero-order chi connectivity index (χ0) is 14.0. The fourth-order valence-corrected chi connectivity index (χ4v) is 0.951. The largest absolute Gasteiger partial charge is 0.481 e. The summed E-state index contributed by atoms with van der Waals surface area (Å²) in [5, 5.41) is 17.2. The van der Waals surface area contributed by atoms with Crippen molar-refractivity contribution in [1.82, 2.24) is 0 Å². The summed E-state index contributed by atoms with van der Waals surface area (Å²) in [6, 6.07) is 0. The van der Waals surface area contributed by atoms with Gasteiger partial charge in [-0.05, 0) is 0 Å². The number of aliphatic hydroxyl groups is 1. The van der Waals surface area contributed by atoms with Crippen molar-refractivity contribution in [2.24, 2.45) is 5.92 Å². The van der Waals surface area contributed by atoms with Gasteiger partial charge in [-0.2, -0.15) is 0 Å². The van der Waals surface area contributed by atoms with Crippen LogP contribution in [0, 0.1) is 5.92 Å². The zero-order valence-electron chi connectivity index (χ0n) is 10.6. The molecule has 2 N–H and O–H groups in total. The minimum atomic E-state index is -1.05. The Morgan fingerprint density at radius 3 is 2.39 bits per heavy atom. The molecule has 0 aliphatic carbocycles. The molecule has 0 aromatic heterocycles. The molecule has 18 heavy (non-hydrogen) atoms. The lowest BCUT2D eigenvalue weighted by molar-refractivity contribution is -0.178. The van der Waals surface area contributed by atoms with Gasteiger partial charge < -0.3 is 24.4 Å². The van der Waals surface area contributed by atoms with E-state index in [0.29, 0.717) is 0 Å². The molecule has 0 fully saturated rings. The number of carboxylic acid groups (broad SMARTS) is 1. The van der Waals surface area contributed by atoms with Gasteiger partial charge in [0.2, 0.25) is 0 Å². The number of carboxylic acids is 1. The molecule has 7 heteroatoms. The molecule has 0 aliphatic heterocycles. The number of carbonyl (C=O) groups excluding carboxylic acids is 1. The molecule has 0 saturated heterocycles. The van der Waals surface area contributed by atoms with Crippen LogP contribution in [0.15, 0.2) is 0 Å². The van der Waals surface area contributed by atoms with E-state index < -0.39 is 18.2 Å². The predicted molar refractivity (Wildman–Crippen MR) is 60.8 cm³/mol. The van der Waals surface area contributed by atoms with Gasteiger partial charge in [-0.25, -0.2) is 0 Å². The van der Waals surface area contributed by atoms with E-state index in [1.54, 1.807) is 6.92 Å². The van der Waals surface area contributed by atoms with Crippen LogP contribution in [0.3, 0.4) is 0 Å². The highest BCUT2D eigenvalue weighted by Crippen LogP contribution is 2.02. The van der Waals surface area contributed by atoms with Crippen LogP contribution in [0.5, 0.6) is 0 Å². The molecule has 0 aliphatic rings. The van der Waals surface area contributed by atoms with Gasteiger partial charge in [-0.1, -0.05) is 6.92 Å². The van der Waals surface area contributed by atoms with Crippen LogP contribution in [0.4, 0.5) is 0 Å². The molecule has 106 valence electrons. The third-order valence-electron chi connectivity index (χ3n) is 2.06. The van der Waals surface area contributed by atoms with Gasteiger partial charge in [0.15, 0.2) is 6.29 Å². The SMILES string of the molecule is COC(COC(=O)CCC(=O)O)OCC(C)CO. The van der Waals surface area contributed by atoms with E-state index in [2.05, 4.69) is 0 Å². The highest BCUT2D eigenvalue weighted by atomic mass is 16.7. The van der Waals surface area contributed by atoms with E-state index in [0.717, 1.165) is 0 Å². The van der Waals surface area contributed by atoms with Crippen LogP contribution in [-0.2, 0) is 23.8 Å². The summed E-state index contributed by atoms with van der Waals surface area (Å²) in [4.78, 5) is 21.4. The number of aliphatic carboxylic acids is 1. The second-order valence-electron chi connectivity index (χ2n) is 3.86. The first kappa shape index (κ1) is 16.8. The van der Waals surface area contributed by atoms with E-state index in [4.69, 9.17) is 24.4 Å². The van der Waals surface area contributed by atoms with Crippen LogP contribution >= 0.6 is 0 Å². The van der Waals surface area contributed by atoms with Crippen LogP contribution in [0.1, 0.15) is 19.8 Å². The molecular weight excluding hydrogens is 244 g/mol. The zero-order valence-corrected chi connectivity index (χ0v) is 10.6. The quantitative estimate of drug-likeness (QED) is 0.423. The number of ether oxygens (including phenoxy) is 3. The van der Waals surface area contributed by atoms with E-state index >= 15 is 0 Å². The van der Waals surface area contributed by atoms with Crippen molar-refractivity contribution in [3.05, 3.63) is 0 Å². The number of aliphatic hydroxyl groups excluding tert-OH is 1. The number of hydrogen-bond acceptors (Lipinski definition) is 6. The Morgan fingerprint density at radius 2 is 1.89 bits per heavy atom. The Bertz CT molecular complexity index is 254. The van der Waals surface area contributed by atoms with Gasteiger partial charge in [0.05, 0.1) is 19.4 Å². The van der Waals surface area contributed by atoms with Gasteiger partial charge in [-0.3, -0.25) is 9.59 Å². The molecule has 0 aromatic rings. The maximum Gasteiger partial charge on any atom is 0.306 e. The van der Waals surface area contributed by atoms with Crippen molar-refractivity contribution in [2.45, 2.75) is 26.1 Å². The van der Waals surface area contributed by atoms with E-state index in [-0.39, 0.29) is 38.6 Å². The summed E-state index contributed by atoms with van der Waals surface area (Å²) in [5.74, 6) is -1.70. The Labute approximate surface area is 106 Å². The predicted octanol–water partition coefficient (Wildman–Crippen LogP) is 0.0119. The summed E-state index contributed by atoms with van der Waals surface area (Å²) in [6.45, 7) is 1.97. The molecule has 0 radical (unpaired) electrons. The number of hydrogen-bond donors (Lipinski definition) is 2. The monoisotopic (exact) mass is 264 g/mol. The lowest BCUT2D eigenvalue weighted by Crippen LogP contribution is -2.26. The molecule has 0 heterocycles. The number of carbonyl (C=O) groups is 2. The Balaban J connectivity index is 3.78. The molecular formula is C11H20O7. The third-order valence-corrected chi connectivity index (χ3v) is 2.06. The van der Waals surface area contributed by atoms with Crippen molar-refractivity contribution in [3.8, 4) is 0 Å². The Morgan fingerprint density at radius 1 is 1.22 bits per heavy atom. The standard InChI is InChI=1S/C11H20O7/c1-8(5-12)6-18-11(16-2)7-17-10(15)4-3-9(13)14/h8,11-12H,3-7H2,1-2H3,(H,13,14). The van der Waals surface area contributed by atoms with Crippen molar-refractivity contribution >= 4 is 11.9 Å². The maximum absolute atomic E-state index is 11.1. The molecule has 0 bridgehead atoms. The summed E-state index contributed by atoms with van der Waals surface area (Å²) in [5.41, 5.74) is 0. The number of rotatable bonds is 10. The van der Waals surface area contributed by atoms with Crippen molar-refractivity contribution < 1.29 is 34.0 Å². The number of esters is 1. The van der Waals surface area contributed by atoms with Gasteiger partial charge >= 0.3 is 11.9 Å². The molecule has 0 aromatic carbocycles. The summed E-state index contributed by atoms with van der Waals surface area (Å²) >= 11 is 0. The molecule has 0 rings (SSSR count). The van der Waals surface area contributed by atoms with Gasteiger partial charge in [0, 0.05) is 19.6 Å². The van der Waals surface area contributed by atoms with E-state index in [9.17, 15) is 9.59 Å². The highest BCUT2D eigenvalue weighted by molar-refractivity contribution is 5.76. The first-order valence-electron chi connectivity index (χ1n) is 5.62. The fraction of sp³-hybridized carbons (Fsp3) is 0.818. The van der Waals surface area contributed by atoms with Gasteiger partial charge in [0.1, 0.15) is 6.61 Å². The lowest BCUT2D eigenvalue weighted by atomic mass is 10.2. The average molecular weight is 264 g/mol. The van der Waals surface area contributed by atoms with Gasteiger partial charge in [-0.15, -0.1) is 0 Å². The first-order chi connectivity index (χ1) is 8.49. The maximum atomic E-state index is 11.1. The molecule has 7 nitrogen and oxygen atoms in total. The van der Waals surface area contributed by atoms with Crippen LogP contribution in [-0.4, -0.2) is 55.4 Å². The fourth-order valence-electron chi connectivity index (χ4n) is 0.951. The second-order valence-corrected chi connectivity index (χ2v) is 3.86. The van der Waals surface area contributed by atoms with Crippen LogP contribution in [0.2, 0.25) is 0 Å². The minimum absolute atomic E-state index is 0.00513. The molecule has 2 unspecified atom stereocenters. The van der Waals surface area contributed by atoms with Crippen molar-refractivity contribution in [2.75, 3.05) is 26.9 Å². The average Bonchev–Trinajstić information content (AvgIpc) is 2.35.